The molecule has 0 amide bonds. The third kappa shape index (κ3) is 70.9. The first-order valence-electron chi connectivity index (χ1n) is 40.2. The highest BCUT2D eigenvalue weighted by molar-refractivity contribution is 7.47. The van der Waals surface area contributed by atoms with Gasteiger partial charge in [0.2, 0.25) is 0 Å². The molecule has 0 aliphatic carbocycles. The lowest BCUT2D eigenvalue weighted by Gasteiger charge is -2.21. The number of phosphoric acid groups is 2. The van der Waals surface area contributed by atoms with Crippen molar-refractivity contribution in [2.75, 3.05) is 39.6 Å². The molecule has 6 atom stereocenters. The van der Waals surface area contributed by atoms with Crippen LogP contribution in [0.3, 0.4) is 0 Å². The predicted octanol–water partition coefficient (Wildman–Crippen LogP) is 22.8. The number of aliphatic hydroxyl groups is 1. The van der Waals surface area contributed by atoms with Crippen molar-refractivity contribution < 1.29 is 80.2 Å². The predicted molar refractivity (Wildman–Crippen MR) is 395 cm³/mol. The summed E-state index contributed by atoms with van der Waals surface area (Å²) < 4.78 is 68.6. The fourth-order valence-electron chi connectivity index (χ4n) is 11.9. The molecule has 0 aromatic carbocycles. The number of ether oxygens (including phenoxy) is 4. The van der Waals surface area contributed by atoms with Gasteiger partial charge in [-0.1, -0.05) is 344 Å². The minimum atomic E-state index is -4.96. The van der Waals surface area contributed by atoms with Gasteiger partial charge in [0.1, 0.15) is 19.3 Å². The number of hydrogen-bond donors (Lipinski definition) is 3. The topological polar surface area (TPSA) is 237 Å². The number of phosphoric ester groups is 2. The molecular formula is C78H152O17P2. The standard InChI is InChI=1S/C78H152O17P2/c1-9-71(8)57-49-41-36-37-43-51-59-76(81)89-65-74(95-77(82)60-52-44-34-28-22-18-14-13-16-20-25-31-39-47-55-69(4)5)67-93-97(86,87)91-63-72(79)62-90-96(84,85)92-66-73(94-78(83)61-53-45-35-29-23-26-32-40-48-56-70(6)7)64-88-75(80)58-50-42-33-27-21-17-12-10-11-15-19-24-30-38-46-54-68(2)3/h68-74,79H,9-67H2,1-8H3,(H,84,85)(H,86,87)/t71?,72-,73-,74-/m1/s1. The molecule has 3 unspecified atom stereocenters. The monoisotopic (exact) mass is 1420 g/mol. The van der Waals surface area contributed by atoms with Gasteiger partial charge in [0.15, 0.2) is 12.2 Å². The summed E-state index contributed by atoms with van der Waals surface area (Å²) in [6, 6.07) is 0. The molecule has 0 saturated heterocycles. The number of aliphatic hydroxyl groups excluding tert-OH is 1. The van der Waals surface area contributed by atoms with Gasteiger partial charge in [-0.25, -0.2) is 9.13 Å². The SMILES string of the molecule is CCC(C)CCCCCCCCC(=O)OC[C@H](COP(=O)(O)OC[C@H](O)COP(=O)(O)OC[C@@H](COC(=O)CCCCCCCCCCCCCCCCCC(C)C)OC(=O)CCCCCCCCCCCC(C)C)OC(=O)CCCCCCCCCCCCCCCCC(C)C. The normalized spacial score (nSPS) is 14.4. The van der Waals surface area contributed by atoms with Crippen LogP contribution in [-0.2, 0) is 65.4 Å². The number of rotatable bonds is 75. The smallest absolute Gasteiger partial charge is 0.462 e. The van der Waals surface area contributed by atoms with Gasteiger partial charge in [-0.2, -0.15) is 0 Å². The van der Waals surface area contributed by atoms with Crippen LogP contribution in [0, 0.1) is 23.7 Å². The van der Waals surface area contributed by atoms with Crippen LogP contribution in [-0.4, -0.2) is 96.7 Å². The highest BCUT2D eigenvalue weighted by Gasteiger charge is 2.30. The van der Waals surface area contributed by atoms with Crippen LogP contribution >= 0.6 is 15.6 Å². The van der Waals surface area contributed by atoms with Gasteiger partial charge in [-0.3, -0.25) is 37.3 Å². The molecule has 97 heavy (non-hydrogen) atoms. The first-order chi connectivity index (χ1) is 46.6. The molecule has 3 N–H and O–H groups in total. The molecule has 0 spiro atoms. The Morgan fingerprint density at radius 2 is 0.495 bits per heavy atom. The van der Waals surface area contributed by atoms with Gasteiger partial charge in [0.05, 0.1) is 26.4 Å². The summed E-state index contributed by atoms with van der Waals surface area (Å²) in [4.78, 5) is 72.9. The largest absolute Gasteiger partial charge is 0.472 e. The first-order valence-corrected chi connectivity index (χ1v) is 43.2. The van der Waals surface area contributed by atoms with Crippen molar-refractivity contribution in [2.45, 2.75) is 414 Å². The van der Waals surface area contributed by atoms with Crippen LogP contribution < -0.4 is 0 Å². The summed E-state index contributed by atoms with van der Waals surface area (Å²) in [5.41, 5.74) is 0. The molecule has 0 fully saturated rings. The molecular weight excluding hydrogens is 1270 g/mol. The zero-order valence-electron chi connectivity index (χ0n) is 63.7. The molecule has 0 heterocycles. The number of carbonyl (C=O) groups excluding carboxylic acids is 4. The second-order valence-corrected chi connectivity index (χ2v) is 32.7. The van der Waals surface area contributed by atoms with Gasteiger partial charge in [-0.05, 0) is 49.4 Å². The summed E-state index contributed by atoms with van der Waals surface area (Å²) in [6.45, 7) is 14.2. The first kappa shape index (κ1) is 95.1. The lowest BCUT2D eigenvalue weighted by molar-refractivity contribution is -0.161. The molecule has 0 rings (SSSR count). The Kier molecular flexibility index (Phi) is 65.9. The van der Waals surface area contributed by atoms with Crippen LogP contribution in [0.4, 0.5) is 0 Å². The minimum Gasteiger partial charge on any atom is -0.462 e. The quantitative estimate of drug-likeness (QED) is 0.0222. The van der Waals surface area contributed by atoms with Crippen LogP contribution in [0.25, 0.3) is 0 Å². The molecule has 0 aromatic heterocycles. The zero-order chi connectivity index (χ0) is 71.7. The van der Waals surface area contributed by atoms with Gasteiger partial charge in [0, 0.05) is 25.7 Å². The van der Waals surface area contributed by atoms with E-state index in [0.717, 1.165) is 120 Å². The second-order valence-electron chi connectivity index (χ2n) is 29.8. The maximum Gasteiger partial charge on any atom is 0.472 e. The summed E-state index contributed by atoms with van der Waals surface area (Å²) in [7, 11) is -9.92. The van der Waals surface area contributed by atoms with Gasteiger partial charge in [0.25, 0.3) is 0 Å². The Morgan fingerprint density at radius 3 is 0.732 bits per heavy atom. The Labute approximate surface area is 594 Å². The molecule has 19 heteroatoms. The highest BCUT2D eigenvalue weighted by Crippen LogP contribution is 2.45. The van der Waals surface area contributed by atoms with Crippen molar-refractivity contribution in [3.8, 4) is 0 Å². The Balaban J connectivity index is 5.22. The van der Waals surface area contributed by atoms with E-state index in [1.165, 1.54) is 193 Å². The van der Waals surface area contributed by atoms with Gasteiger partial charge < -0.3 is 33.8 Å². The van der Waals surface area contributed by atoms with Crippen molar-refractivity contribution in [3.63, 3.8) is 0 Å². The Morgan fingerprint density at radius 1 is 0.289 bits per heavy atom. The van der Waals surface area contributed by atoms with E-state index in [0.29, 0.717) is 25.7 Å². The third-order valence-electron chi connectivity index (χ3n) is 18.4. The molecule has 0 aromatic rings. The molecule has 0 radical (unpaired) electrons. The molecule has 0 aliphatic heterocycles. The maximum atomic E-state index is 13.1. The zero-order valence-corrected chi connectivity index (χ0v) is 65.5. The lowest BCUT2D eigenvalue weighted by atomic mass is 10.00. The highest BCUT2D eigenvalue weighted by atomic mass is 31.2. The molecule has 0 aliphatic rings. The number of carbonyl (C=O) groups is 4. The van der Waals surface area contributed by atoms with Crippen LogP contribution in [0.2, 0.25) is 0 Å². The van der Waals surface area contributed by atoms with E-state index < -0.39 is 97.5 Å². The second kappa shape index (κ2) is 67.2. The van der Waals surface area contributed by atoms with E-state index in [9.17, 15) is 43.2 Å². The maximum absolute atomic E-state index is 13.1. The van der Waals surface area contributed by atoms with Crippen molar-refractivity contribution in [3.05, 3.63) is 0 Å². The summed E-state index contributed by atoms with van der Waals surface area (Å²) in [5, 5.41) is 10.6. The van der Waals surface area contributed by atoms with Gasteiger partial charge >= 0.3 is 39.5 Å². The molecule has 576 valence electrons. The number of esters is 4. The van der Waals surface area contributed by atoms with Crippen LogP contribution in [0.5, 0.6) is 0 Å². The van der Waals surface area contributed by atoms with Gasteiger partial charge in [-0.15, -0.1) is 0 Å². The average molecular weight is 1420 g/mol. The minimum absolute atomic E-state index is 0.105. The average Bonchev–Trinajstić information content (AvgIpc) is 1.37. The van der Waals surface area contributed by atoms with E-state index in [1.807, 2.05) is 0 Å². The summed E-state index contributed by atoms with van der Waals surface area (Å²) >= 11 is 0. The van der Waals surface area contributed by atoms with E-state index >= 15 is 0 Å². The van der Waals surface area contributed by atoms with E-state index in [-0.39, 0.29) is 25.7 Å². The summed E-state index contributed by atoms with van der Waals surface area (Å²) in [6.07, 6.45) is 52.8. The lowest BCUT2D eigenvalue weighted by Crippen LogP contribution is -2.30. The summed E-state index contributed by atoms with van der Waals surface area (Å²) in [5.74, 6) is 0.949. The molecule has 0 bridgehead atoms. The van der Waals surface area contributed by atoms with Crippen LogP contribution in [0.15, 0.2) is 0 Å². The Bertz CT molecular complexity index is 1900. The van der Waals surface area contributed by atoms with E-state index in [1.54, 1.807) is 0 Å². The van der Waals surface area contributed by atoms with Crippen molar-refractivity contribution >= 4 is 39.5 Å². The number of unbranched alkanes of at least 4 members (excludes halogenated alkanes) is 40. The molecule has 0 saturated carbocycles. The van der Waals surface area contributed by atoms with Crippen molar-refractivity contribution in [2.24, 2.45) is 23.7 Å². The van der Waals surface area contributed by atoms with Crippen molar-refractivity contribution in [1.29, 1.82) is 0 Å². The fraction of sp³-hybridized carbons (Fsp3) is 0.949. The number of hydrogen-bond acceptors (Lipinski definition) is 15. The third-order valence-corrected chi connectivity index (χ3v) is 20.3. The van der Waals surface area contributed by atoms with Crippen LogP contribution in [0.1, 0.15) is 396 Å². The Hall–Kier alpha value is -1.94. The van der Waals surface area contributed by atoms with E-state index in [2.05, 4.69) is 55.4 Å². The molecule has 17 nitrogen and oxygen atoms in total. The fourth-order valence-corrected chi connectivity index (χ4v) is 13.5. The van der Waals surface area contributed by atoms with Crippen molar-refractivity contribution in [1.82, 2.24) is 0 Å². The van der Waals surface area contributed by atoms with E-state index in [4.69, 9.17) is 37.0 Å².